The van der Waals surface area contributed by atoms with Crippen molar-refractivity contribution in [3.63, 3.8) is 0 Å². The Kier molecular flexibility index (Phi) is 5.75. The van der Waals surface area contributed by atoms with Crippen molar-refractivity contribution in [3.05, 3.63) is 59.7 Å². The molecule has 24 heavy (non-hydrogen) atoms. The molecule has 0 unspecified atom stereocenters. The van der Waals surface area contributed by atoms with Crippen molar-refractivity contribution in [2.75, 3.05) is 18.0 Å². The van der Waals surface area contributed by atoms with Crippen LogP contribution in [0.25, 0.3) is 0 Å². The lowest BCUT2D eigenvalue weighted by molar-refractivity contribution is -0.117. The highest BCUT2D eigenvalue weighted by Crippen LogP contribution is 2.17. The van der Waals surface area contributed by atoms with Crippen LogP contribution in [0.5, 0.6) is 0 Å². The first-order chi connectivity index (χ1) is 11.3. The molecule has 0 spiro atoms. The summed E-state index contributed by atoms with van der Waals surface area (Å²) in [5.41, 5.74) is 2.25. The second kappa shape index (κ2) is 7.59. The number of nitrogens with zero attached hydrogens (tertiary/aromatic N) is 1. The molecule has 6 heteroatoms. The first kappa shape index (κ1) is 18.2. The van der Waals surface area contributed by atoms with Gasteiger partial charge in [0.1, 0.15) is 0 Å². The zero-order valence-electron chi connectivity index (χ0n) is 14.1. The van der Waals surface area contributed by atoms with Gasteiger partial charge in [-0.05, 0) is 50.1 Å². The largest absolute Gasteiger partial charge is 0.312 e. The summed E-state index contributed by atoms with van der Waals surface area (Å²) in [7, 11) is -3.73. The summed E-state index contributed by atoms with van der Waals surface area (Å²) in [4.78, 5) is 14.2. The molecular formula is C18H22N2O3S. The number of aryl methyl sites for hydroxylation is 2. The maximum atomic E-state index is 12.5. The number of carbonyl (C=O) groups excluding carboxylic acids is 1. The molecule has 0 aliphatic heterocycles. The Morgan fingerprint density at radius 3 is 2.38 bits per heavy atom. The van der Waals surface area contributed by atoms with Gasteiger partial charge in [-0.25, -0.2) is 13.1 Å². The lowest BCUT2D eigenvalue weighted by Gasteiger charge is -2.21. The number of amides is 1. The van der Waals surface area contributed by atoms with Crippen molar-refractivity contribution >= 4 is 21.6 Å². The van der Waals surface area contributed by atoms with Crippen LogP contribution in [0.1, 0.15) is 18.1 Å². The molecule has 1 N–H and O–H groups in total. The van der Waals surface area contributed by atoms with E-state index in [-0.39, 0.29) is 17.3 Å². The molecule has 1 amide bonds. The Labute approximate surface area is 143 Å². The summed E-state index contributed by atoms with van der Waals surface area (Å²) in [6.07, 6.45) is 0. The van der Waals surface area contributed by atoms with E-state index in [9.17, 15) is 13.2 Å². The zero-order valence-corrected chi connectivity index (χ0v) is 14.9. The lowest BCUT2D eigenvalue weighted by Crippen LogP contribution is -2.40. The van der Waals surface area contributed by atoms with Gasteiger partial charge < -0.3 is 4.90 Å². The van der Waals surface area contributed by atoms with E-state index in [2.05, 4.69) is 4.72 Å². The fraction of sp³-hybridized carbons (Fsp3) is 0.278. The average molecular weight is 346 g/mol. The molecule has 2 aromatic carbocycles. The molecule has 2 aromatic rings. The molecule has 0 bridgehead atoms. The molecule has 0 radical (unpaired) electrons. The molecule has 0 atom stereocenters. The van der Waals surface area contributed by atoms with Crippen LogP contribution >= 0.6 is 0 Å². The predicted molar refractivity (Wildman–Crippen MR) is 95.6 cm³/mol. The highest BCUT2D eigenvalue weighted by molar-refractivity contribution is 7.89. The van der Waals surface area contributed by atoms with Crippen LogP contribution < -0.4 is 9.62 Å². The number of sulfonamides is 1. The first-order valence-corrected chi connectivity index (χ1v) is 9.26. The minimum absolute atomic E-state index is 0.207. The number of hydrogen-bond donors (Lipinski definition) is 1. The third-order valence-electron chi connectivity index (χ3n) is 3.73. The molecular weight excluding hydrogens is 324 g/mol. The fourth-order valence-electron chi connectivity index (χ4n) is 2.44. The molecule has 0 aliphatic rings. The highest BCUT2D eigenvalue weighted by atomic mass is 32.2. The van der Waals surface area contributed by atoms with Crippen LogP contribution in [-0.2, 0) is 14.8 Å². The standard InChI is InChI=1S/C18H22N2O3S/c1-4-20(16-8-6-5-7-9-16)18(21)13-19-24(22,23)17-12-14(2)10-11-15(17)3/h5-12,19H,4,13H2,1-3H3. The van der Waals surface area contributed by atoms with E-state index in [0.29, 0.717) is 12.1 Å². The summed E-state index contributed by atoms with van der Waals surface area (Å²) in [6, 6.07) is 14.4. The van der Waals surface area contributed by atoms with Gasteiger partial charge in [-0.3, -0.25) is 4.79 Å². The normalized spacial score (nSPS) is 11.3. The van der Waals surface area contributed by atoms with Gasteiger partial charge in [0.15, 0.2) is 0 Å². The summed E-state index contributed by atoms with van der Waals surface area (Å²) in [6.45, 7) is 5.60. The minimum Gasteiger partial charge on any atom is -0.312 e. The first-order valence-electron chi connectivity index (χ1n) is 7.77. The van der Waals surface area contributed by atoms with E-state index in [0.717, 1.165) is 11.3 Å². The number of hydrogen-bond acceptors (Lipinski definition) is 3. The molecule has 5 nitrogen and oxygen atoms in total. The van der Waals surface area contributed by atoms with Crippen LogP contribution in [-0.4, -0.2) is 27.4 Å². The third kappa shape index (κ3) is 4.21. The number of para-hydroxylation sites is 1. The molecule has 0 heterocycles. The van der Waals surface area contributed by atoms with Crippen molar-refractivity contribution in [2.45, 2.75) is 25.7 Å². The van der Waals surface area contributed by atoms with E-state index in [1.54, 1.807) is 24.0 Å². The second-order valence-corrected chi connectivity index (χ2v) is 7.30. The highest BCUT2D eigenvalue weighted by Gasteiger charge is 2.20. The van der Waals surface area contributed by atoms with E-state index in [1.807, 2.05) is 50.2 Å². The van der Waals surface area contributed by atoms with E-state index in [1.165, 1.54) is 0 Å². The summed E-state index contributed by atoms with van der Waals surface area (Å²) in [5.74, 6) is -0.294. The van der Waals surface area contributed by atoms with E-state index >= 15 is 0 Å². The summed E-state index contributed by atoms with van der Waals surface area (Å²) in [5, 5.41) is 0. The van der Waals surface area contributed by atoms with Gasteiger partial charge in [0, 0.05) is 12.2 Å². The van der Waals surface area contributed by atoms with Crippen LogP contribution in [0.2, 0.25) is 0 Å². The molecule has 0 aliphatic carbocycles. The van der Waals surface area contributed by atoms with Gasteiger partial charge in [-0.2, -0.15) is 0 Å². The van der Waals surface area contributed by atoms with Crippen molar-refractivity contribution in [1.82, 2.24) is 4.72 Å². The topological polar surface area (TPSA) is 66.5 Å². The Balaban J connectivity index is 2.14. The quantitative estimate of drug-likeness (QED) is 0.874. The van der Waals surface area contributed by atoms with Gasteiger partial charge in [0.2, 0.25) is 15.9 Å². The minimum atomic E-state index is -3.73. The molecule has 128 valence electrons. The van der Waals surface area contributed by atoms with Crippen molar-refractivity contribution in [2.24, 2.45) is 0 Å². The number of nitrogens with one attached hydrogen (secondary N) is 1. The lowest BCUT2D eigenvalue weighted by atomic mass is 10.2. The molecule has 0 saturated carbocycles. The van der Waals surface area contributed by atoms with Crippen LogP contribution in [0.4, 0.5) is 5.69 Å². The predicted octanol–water partition coefficient (Wildman–Crippen LogP) is 2.63. The van der Waals surface area contributed by atoms with Gasteiger partial charge >= 0.3 is 0 Å². The average Bonchev–Trinajstić information content (AvgIpc) is 2.57. The third-order valence-corrected chi connectivity index (χ3v) is 5.27. The smallest absolute Gasteiger partial charge is 0.242 e. The maximum Gasteiger partial charge on any atom is 0.242 e. The van der Waals surface area contributed by atoms with Crippen molar-refractivity contribution in [3.8, 4) is 0 Å². The van der Waals surface area contributed by atoms with Gasteiger partial charge in [0.05, 0.1) is 11.4 Å². The van der Waals surface area contributed by atoms with Gasteiger partial charge in [-0.1, -0.05) is 30.3 Å². The fourth-order valence-corrected chi connectivity index (χ4v) is 3.74. The Morgan fingerprint density at radius 2 is 1.75 bits per heavy atom. The summed E-state index contributed by atoms with van der Waals surface area (Å²) >= 11 is 0. The van der Waals surface area contributed by atoms with E-state index < -0.39 is 10.0 Å². The van der Waals surface area contributed by atoms with Crippen LogP contribution in [0, 0.1) is 13.8 Å². The number of anilines is 1. The molecule has 0 aromatic heterocycles. The molecule has 0 fully saturated rings. The number of likely N-dealkylation sites (N-methyl/N-ethyl adjacent to an activating group) is 1. The van der Waals surface area contributed by atoms with Crippen LogP contribution in [0.3, 0.4) is 0 Å². The monoisotopic (exact) mass is 346 g/mol. The number of carbonyl (C=O) groups is 1. The number of benzene rings is 2. The zero-order chi connectivity index (χ0) is 17.7. The van der Waals surface area contributed by atoms with Crippen LogP contribution in [0.15, 0.2) is 53.4 Å². The Hall–Kier alpha value is -2.18. The van der Waals surface area contributed by atoms with Crippen molar-refractivity contribution in [1.29, 1.82) is 0 Å². The number of rotatable bonds is 6. The Morgan fingerprint density at radius 1 is 1.08 bits per heavy atom. The Bertz CT molecular complexity index is 817. The molecule has 2 rings (SSSR count). The molecule has 0 saturated heterocycles. The van der Waals surface area contributed by atoms with Gasteiger partial charge in [-0.15, -0.1) is 0 Å². The second-order valence-electron chi connectivity index (χ2n) is 5.57. The van der Waals surface area contributed by atoms with Gasteiger partial charge in [0.25, 0.3) is 0 Å². The van der Waals surface area contributed by atoms with E-state index in [4.69, 9.17) is 0 Å². The summed E-state index contributed by atoms with van der Waals surface area (Å²) < 4.78 is 27.4. The SMILES string of the molecule is CCN(C(=O)CNS(=O)(=O)c1cc(C)ccc1C)c1ccccc1. The maximum absolute atomic E-state index is 12.5. The van der Waals surface area contributed by atoms with Crippen molar-refractivity contribution < 1.29 is 13.2 Å².